The number of benzene rings is 2. The van der Waals surface area contributed by atoms with Crippen molar-refractivity contribution < 1.29 is 23.2 Å². The Labute approximate surface area is 173 Å². The molecule has 1 N–H and O–H groups in total. The first-order valence-corrected chi connectivity index (χ1v) is 9.91. The average molecular weight is 411 g/mol. The molecule has 0 bridgehead atoms. The van der Waals surface area contributed by atoms with Crippen molar-refractivity contribution in [2.75, 3.05) is 34.3 Å². The lowest BCUT2D eigenvalue weighted by Crippen LogP contribution is -3.05. The molecule has 4 rings (SSSR count). The van der Waals surface area contributed by atoms with E-state index in [2.05, 4.69) is 0 Å². The molecule has 0 unspecified atom stereocenters. The minimum Gasteiger partial charge on any atom is -0.497 e. The topological polar surface area (TPSA) is 64.2 Å². The van der Waals surface area contributed by atoms with Crippen LogP contribution in [-0.2, 0) is 0 Å². The van der Waals surface area contributed by atoms with Gasteiger partial charge in [-0.3, -0.25) is 9.59 Å². The van der Waals surface area contributed by atoms with E-state index in [4.69, 9.17) is 9.15 Å². The van der Waals surface area contributed by atoms with Crippen molar-refractivity contribution in [1.29, 1.82) is 0 Å². The maximum Gasteiger partial charge on any atom is 0.290 e. The van der Waals surface area contributed by atoms with Crippen molar-refractivity contribution in [3.05, 3.63) is 75.4 Å². The molecular formula is C23H24FN2O4+. The summed E-state index contributed by atoms with van der Waals surface area (Å²) in [5.41, 5.74) is 1.04. The van der Waals surface area contributed by atoms with Gasteiger partial charge in [0.1, 0.15) is 17.1 Å². The van der Waals surface area contributed by atoms with Gasteiger partial charge in [0.2, 0.25) is 5.76 Å². The zero-order chi connectivity index (χ0) is 21.4. The van der Waals surface area contributed by atoms with Crippen LogP contribution in [0.15, 0.2) is 51.7 Å². The number of rotatable bonds is 6. The van der Waals surface area contributed by atoms with Gasteiger partial charge in [0, 0.05) is 19.0 Å². The van der Waals surface area contributed by atoms with Crippen LogP contribution in [0.4, 0.5) is 4.39 Å². The summed E-state index contributed by atoms with van der Waals surface area (Å²) in [6.07, 6.45) is 0.765. The van der Waals surface area contributed by atoms with Gasteiger partial charge in [-0.1, -0.05) is 12.1 Å². The highest BCUT2D eigenvalue weighted by Crippen LogP contribution is 2.38. The van der Waals surface area contributed by atoms with Gasteiger partial charge in [0.05, 0.1) is 44.7 Å². The molecule has 30 heavy (non-hydrogen) atoms. The van der Waals surface area contributed by atoms with Gasteiger partial charge < -0.3 is 19.0 Å². The maximum atomic E-state index is 13.5. The number of fused-ring (bicyclic) bond motifs is 2. The van der Waals surface area contributed by atoms with Gasteiger partial charge in [0.15, 0.2) is 5.43 Å². The number of nitrogens with one attached hydrogen (secondary N) is 1. The minimum atomic E-state index is -0.604. The summed E-state index contributed by atoms with van der Waals surface area (Å²) >= 11 is 0. The van der Waals surface area contributed by atoms with Crippen LogP contribution in [0, 0.1) is 5.82 Å². The van der Waals surface area contributed by atoms with Gasteiger partial charge in [-0.25, -0.2) is 4.39 Å². The Morgan fingerprint density at radius 3 is 2.53 bits per heavy atom. The average Bonchev–Trinajstić information content (AvgIpc) is 3.00. The number of hydrogen-bond donors (Lipinski definition) is 1. The summed E-state index contributed by atoms with van der Waals surface area (Å²) in [5, 5.41) is 0.383. The van der Waals surface area contributed by atoms with Crippen LogP contribution < -0.4 is 15.1 Å². The lowest BCUT2D eigenvalue weighted by molar-refractivity contribution is -0.858. The van der Waals surface area contributed by atoms with Crippen molar-refractivity contribution >= 4 is 16.9 Å². The number of quaternary nitrogens is 1. The zero-order valence-corrected chi connectivity index (χ0v) is 17.2. The van der Waals surface area contributed by atoms with Gasteiger partial charge in [-0.2, -0.15) is 0 Å². The SMILES string of the molecule is COc1ccc2c(=O)c3c(oc2c1)C(=O)N(CCC[NH+](C)C)[C@@H]3c1ccc(F)cc1. The molecule has 6 nitrogen and oxygen atoms in total. The van der Waals surface area contributed by atoms with E-state index in [0.717, 1.165) is 13.0 Å². The Morgan fingerprint density at radius 1 is 1.13 bits per heavy atom. The van der Waals surface area contributed by atoms with Crippen molar-refractivity contribution in [3.63, 3.8) is 0 Å². The second-order valence-electron chi connectivity index (χ2n) is 7.80. The standard InChI is InChI=1S/C23H23FN2O4/c1-25(2)11-4-12-26-20(14-5-7-15(24)8-6-14)19-21(27)17-10-9-16(29-3)13-18(17)30-22(19)23(26)28/h5-10,13,20H,4,11-12H2,1-3H3/p+1/t20-/m1/s1. The Balaban J connectivity index is 1.87. The third-order valence-corrected chi connectivity index (χ3v) is 5.44. The first-order chi connectivity index (χ1) is 14.4. The van der Waals surface area contributed by atoms with Crippen LogP contribution in [0.1, 0.15) is 34.1 Å². The van der Waals surface area contributed by atoms with Crippen molar-refractivity contribution in [2.45, 2.75) is 12.5 Å². The predicted octanol–water partition coefficient (Wildman–Crippen LogP) is 2.02. The molecule has 1 aliphatic rings. The van der Waals surface area contributed by atoms with Crippen LogP contribution in [0.2, 0.25) is 0 Å². The van der Waals surface area contributed by atoms with Crippen LogP contribution >= 0.6 is 0 Å². The van der Waals surface area contributed by atoms with Crippen LogP contribution in [-0.4, -0.2) is 45.1 Å². The van der Waals surface area contributed by atoms with E-state index in [0.29, 0.717) is 34.4 Å². The quantitative estimate of drug-likeness (QED) is 0.674. The number of halogens is 1. The van der Waals surface area contributed by atoms with Crippen LogP contribution in [0.25, 0.3) is 11.0 Å². The van der Waals surface area contributed by atoms with E-state index >= 15 is 0 Å². The Hall–Kier alpha value is -3.19. The van der Waals surface area contributed by atoms with E-state index in [1.54, 1.807) is 35.2 Å². The number of nitrogens with zero attached hydrogens (tertiary/aromatic N) is 1. The second-order valence-corrected chi connectivity index (χ2v) is 7.80. The summed E-state index contributed by atoms with van der Waals surface area (Å²) in [7, 11) is 5.61. The molecule has 2 aromatic carbocycles. The highest BCUT2D eigenvalue weighted by atomic mass is 19.1. The molecule has 0 radical (unpaired) electrons. The fraction of sp³-hybridized carbons (Fsp3) is 0.304. The van der Waals surface area contributed by atoms with Crippen molar-refractivity contribution in [2.24, 2.45) is 0 Å². The molecule has 2 heterocycles. The van der Waals surface area contributed by atoms with E-state index in [-0.39, 0.29) is 22.9 Å². The molecule has 0 saturated carbocycles. The summed E-state index contributed by atoms with van der Waals surface area (Å²) in [5.74, 6) is -0.109. The molecule has 3 aromatic rings. The largest absolute Gasteiger partial charge is 0.497 e. The number of amides is 1. The molecule has 0 saturated heterocycles. The highest BCUT2D eigenvalue weighted by molar-refractivity contribution is 5.99. The Morgan fingerprint density at radius 2 is 1.87 bits per heavy atom. The van der Waals surface area contributed by atoms with Crippen LogP contribution in [0.3, 0.4) is 0 Å². The van der Waals surface area contributed by atoms with Crippen LogP contribution in [0.5, 0.6) is 5.75 Å². The van der Waals surface area contributed by atoms with E-state index in [9.17, 15) is 14.0 Å². The number of carbonyl (C=O) groups is 1. The summed E-state index contributed by atoms with van der Waals surface area (Å²) < 4.78 is 24.7. The summed E-state index contributed by atoms with van der Waals surface area (Å²) in [6.45, 7) is 1.34. The molecule has 0 aliphatic carbocycles. The zero-order valence-electron chi connectivity index (χ0n) is 17.2. The molecule has 7 heteroatoms. The van der Waals surface area contributed by atoms with E-state index < -0.39 is 6.04 Å². The molecule has 1 aliphatic heterocycles. The molecule has 1 amide bonds. The molecule has 0 fully saturated rings. The van der Waals surface area contributed by atoms with E-state index in [1.165, 1.54) is 24.1 Å². The number of ether oxygens (including phenoxy) is 1. The maximum absolute atomic E-state index is 13.5. The van der Waals surface area contributed by atoms with Crippen molar-refractivity contribution in [1.82, 2.24) is 4.90 Å². The van der Waals surface area contributed by atoms with E-state index in [1.807, 2.05) is 14.1 Å². The van der Waals surface area contributed by atoms with Gasteiger partial charge >= 0.3 is 0 Å². The number of methoxy groups -OCH3 is 1. The predicted molar refractivity (Wildman–Crippen MR) is 111 cm³/mol. The first kappa shape index (κ1) is 20.1. The Bertz CT molecular complexity index is 1150. The third kappa shape index (κ3) is 3.45. The molecule has 0 spiro atoms. The monoisotopic (exact) mass is 411 g/mol. The fourth-order valence-corrected chi connectivity index (χ4v) is 3.95. The lowest BCUT2D eigenvalue weighted by atomic mass is 9.98. The second kappa shape index (κ2) is 7.91. The molecular weight excluding hydrogens is 387 g/mol. The molecule has 1 atom stereocenters. The molecule has 156 valence electrons. The normalized spacial score (nSPS) is 15.8. The summed E-state index contributed by atoms with van der Waals surface area (Å²) in [4.78, 5) is 29.6. The van der Waals surface area contributed by atoms with Gasteiger partial charge in [-0.15, -0.1) is 0 Å². The lowest BCUT2D eigenvalue weighted by Gasteiger charge is -2.25. The highest BCUT2D eigenvalue weighted by Gasteiger charge is 2.42. The summed E-state index contributed by atoms with van der Waals surface area (Å²) in [6, 6.07) is 10.2. The Kier molecular flexibility index (Phi) is 5.30. The van der Waals surface area contributed by atoms with Gasteiger partial charge in [0.25, 0.3) is 5.91 Å². The van der Waals surface area contributed by atoms with Crippen molar-refractivity contribution in [3.8, 4) is 5.75 Å². The third-order valence-electron chi connectivity index (χ3n) is 5.44. The number of hydrogen-bond acceptors (Lipinski definition) is 4. The van der Waals surface area contributed by atoms with Gasteiger partial charge in [-0.05, 0) is 29.8 Å². The smallest absolute Gasteiger partial charge is 0.290 e. The minimum absolute atomic E-state index is 0.0484. The fourth-order valence-electron chi connectivity index (χ4n) is 3.95. The first-order valence-electron chi connectivity index (χ1n) is 9.91. The number of carbonyl (C=O) groups excluding carboxylic acids is 1. The molecule has 1 aromatic heterocycles.